The molecule has 2 aliphatic rings. The molecule has 4 rings (SSSR count). The van der Waals surface area contributed by atoms with Crippen LogP contribution < -0.4 is 15.4 Å². The normalized spacial score (nSPS) is 15.9. The quantitative estimate of drug-likeness (QED) is 0.896. The van der Waals surface area contributed by atoms with Crippen LogP contribution in [-0.2, 0) is 24.2 Å². The third-order valence-corrected chi connectivity index (χ3v) is 5.34. The summed E-state index contributed by atoms with van der Waals surface area (Å²) in [4.78, 5) is 12.9. The van der Waals surface area contributed by atoms with Gasteiger partial charge in [0.2, 0.25) is 5.91 Å². The number of ether oxygens (including phenoxy) is 1. The molecule has 0 saturated carbocycles. The Balaban J connectivity index is 1.85. The fraction of sp³-hybridized carbons (Fsp3) is 0.353. The van der Waals surface area contributed by atoms with Crippen molar-refractivity contribution >= 4 is 22.2 Å². The summed E-state index contributed by atoms with van der Waals surface area (Å²) in [5.74, 6) is 0.980. The van der Waals surface area contributed by atoms with E-state index in [-0.39, 0.29) is 5.91 Å². The molecule has 0 spiro atoms. The zero-order valence-electron chi connectivity index (χ0n) is 12.5. The average Bonchev–Trinajstić information content (AvgIpc) is 3.09. The number of thiophene rings is 1. The molecule has 0 fully saturated rings. The summed E-state index contributed by atoms with van der Waals surface area (Å²) in [7, 11) is 0. The van der Waals surface area contributed by atoms with Gasteiger partial charge in [-0.2, -0.15) is 0 Å². The largest absolute Gasteiger partial charge is 0.493 e. The summed E-state index contributed by atoms with van der Waals surface area (Å²) in [6.45, 7) is 4.21. The molecule has 0 aliphatic carbocycles. The van der Waals surface area contributed by atoms with Crippen molar-refractivity contribution in [1.82, 2.24) is 5.32 Å². The highest BCUT2D eigenvalue weighted by molar-refractivity contribution is 7.17. The first-order valence-electron chi connectivity index (χ1n) is 7.61. The molecule has 0 atom stereocenters. The molecule has 2 N–H and O–H groups in total. The lowest BCUT2D eigenvalue weighted by Crippen LogP contribution is -2.22. The van der Waals surface area contributed by atoms with Crippen LogP contribution in [0.15, 0.2) is 18.2 Å². The number of hydrogen-bond acceptors (Lipinski definition) is 4. The van der Waals surface area contributed by atoms with E-state index in [1.807, 2.05) is 0 Å². The van der Waals surface area contributed by atoms with Gasteiger partial charge in [-0.1, -0.05) is 6.07 Å². The highest BCUT2D eigenvalue weighted by atomic mass is 32.1. The van der Waals surface area contributed by atoms with Crippen LogP contribution in [-0.4, -0.2) is 19.1 Å². The van der Waals surface area contributed by atoms with Crippen molar-refractivity contribution in [3.05, 3.63) is 34.2 Å². The van der Waals surface area contributed by atoms with E-state index in [1.54, 1.807) is 18.3 Å². The molecular formula is C17H18N2O2S. The number of hydrogen-bond donors (Lipinski definition) is 2. The van der Waals surface area contributed by atoms with Gasteiger partial charge in [0.25, 0.3) is 0 Å². The van der Waals surface area contributed by atoms with E-state index in [9.17, 15) is 4.79 Å². The van der Waals surface area contributed by atoms with Crippen molar-refractivity contribution in [1.29, 1.82) is 0 Å². The van der Waals surface area contributed by atoms with Crippen LogP contribution >= 0.6 is 11.3 Å². The van der Waals surface area contributed by atoms with Gasteiger partial charge in [0.05, 0.1) is 6.61 Å². The first kappa shape index (κ1) is 13.8. The lowest BCUT2D eigenvalue weighted by atomic mass is 9.96. The minimum Gasteiger partial charge on any atom is -0.493 e. The zero-order chi connectivity index (χ0) is 15.1. The maximum atomic E-state index is 11.6. The summed E-state index contributed by atoms with van der Waals surface area (Å²) in [6.07, 6.45) is 1.97. The maximum Gasteiger partial charge on any atom is 0.221 e. The Morgan fingerprint density at radius 2 is 2.27 bits per heavy atom. The number of nitrogens with one attached hydrogen (secondary N) is 2. The number of carbonyl (C=O) groups is 1. The zero-order valence-corrected chi connectivity index (χ0v) is 13.3. The Morgan fingerprint density at radius 1 is 1.36 bits per heavy atom. The van der Waals surface area contributed by atoms with Crippen molar-refractivity contribution in [2.24, 2.45) is 0 Å². The molecule has 1 amide bonds. The van der Waals surface area contributed by atoms with Gasteiger partial charge in [-0.05, 0) is 41.8 Å². The highest BCUT2D eigenvalue weighted by Gasteiger charge is 2.23. The van der Waals surface area contributed by atoms with Crippen molar-refractivity contribution in [2.75, 3.05) is 18.5 Å². The average molecular weight is 314 g/mol. The summed E-state index contributed by atoms with van der Waals surface area (Å²) in [5.41, 5.74) is 5.03. The second kappa shape index (κ2) is 5.41. The number of carbonyl (C=O) groups excluding carboxylic acids is 1. The predicted molar refractivity (Wildman–Crippen MR) is 88.7 cm³/mol. The number of anilines is 1. The van der Waals surface area contributed by atoms with Crippen molar-refractivity contribution in [3.8, 4) is 16.9 Å². The van der Waals surface area contributed by atoms with Gasteiger partial charge in [0.15, 0.2) is 0 Å². The standard InChI is InChI=1S/C17H18N2O2S/c1-10(20)19-17-16(13-4-6-18-9-15(13)22-17)12-2-3-14-11(8-12)5-7-21-14/h2-3,8,18H,4-7,9H2,1H3,(H,19,20). The van der Waals surface area contributed by atoms with E-state index in [0.29, 0.717) is 0 Å². The highest BCUT2D eigenvalue weighted by Crippen LogP contribution is 2.43. The van der Waals surface area contributed by atoms with Crippen LogP contribution in [0.1, 0.15) is 22.9 Å². The smallest absolute Gasteiger partial charge is 0.221 e. The maximum absolute atomic E-state index is 11.6. The second-order valence-electron chi connectivity index (χ2n) is 5.74. The van der Waals surface area contributed by atoms with Gasteiger partial charge in [-0.3, -0.25) is 4.79 Å². The number of fused-ring (bicyclic) bond motifs is 2. The molecule has 0 radical (unpaired) electrons. The van der Waals surface area contributed by atoms with E-state index in [2.05, 4.69) is 28.8 Å². The fourth-order valence-corrected chi connectivity index (χ4v) is 4.52. The first-order chi connectivity index (χ1) is 10.7. The van der Waals surface area contributed by atoms with Crippen LogP contribution in [0.2, 0.25) is 0 Å². The molecule has 2 aliphatic heterocycles. The van der Waals surface area contributed by atoms with Crippen molar-refractivity contribution in [3.63, 3.8) is 0 Å². The molecule has 22 heavy (non-hydrogen) atoms. The van der Waals surface area contributed by atoms with Crippen LogP contribution in [0.25, 0.3) is 11.1 Å². The molecule has 2 aromatic rings. The second-order valence-corrected chi connectivity index (χ2v) is 6.84. The number of amides is 1. The lowest BCUT2D eigenvalue weighted by Gasteiger charge is -2.15. The van der Waals surface area contributed by atoms with E-state index >= 15 is 0 Å². The van der Waals surface area contributed by atoms with Gasteiger partial charge in [0, 0.05) is 30.3 Å². The van der Waals surface area contributed by atoms with E-state index in [4.69, 9.17) is 4.74 Å². The van der Waals surface area contributed by atoms with Gasteiger partial charge < -0.3 is 15.4 Å². The van der Waals surface area contributed by atoms with Gasteiger partial charge in [-0.25, -0.2) is 0 Å². The lowest BCUT2D eigenvalue weighted by molar-refractivity contribution is -0.114. The molecule has 0 unspecified atom stereocenters. The summed E-state index contributed by atoms with van der Waals surface area (Å²) < 4.78 is 5.60. The van der Waals surface area contributed by atoms with E-state index < -0.39 is 0 Å². The number of rotatable bonds is 2. The monoisotopic (exact) mass is 314 g/mol. The van der Waals surface area contributed by atoms with E-state index in [1.165, 1.54) is 27.1 Å². The molecule has 4 nitrogen and oxygen atoms in total. The Hall–Kier alpha value is -1.85. The number of benzene rings is 1. The molecule has 0 bridgehead atoms. The Morgan fingerprint density at radius 3 is 3.14 bits per heavy atom. The molecular weight excluding hydrogens is 296 g/mol. The van der Waals surface area contributed by atoms with Gasteiger partial charge in [0.1, 0.15) is 10.8 Å². The molecule has 5 heteroatoms. The summed E-state index contributed by atoms with van der Waals surface area (Å²) in [6, 6.07) is 6.39. The van der Waals surface area contributed by atoms with Crippen LogP contribution in [0, 0.1) is 0 Å². The predicted octanol–water partition coefficient (Wildman–Crippen LogP) is 2.95. The third kappa shape index (κ3) is 2.30. The van der Waals surface area contributed by atoms with Crippen LogP contribution in [0.4, 0.5) is 5.00 Å². The van der Waals surface area contributed by atoms with Crippen LogP contribution in [0.5, 0.6) is 5.75 Å². The minimum atomic E-state index is -0.0164. The third-order valence-electron chi connectivity index (χ3n) is 4.20. The fourth-order valence-electron chi connectivity index (χ4n) is 3.23. The van der Waals surface area contributed by atoms with Gasteiger partial charge >= 0.3 is 0 Å². The molecule has 0 saturated heterocycles. The first-order valence-corrected chi connectivity index (χ1v) is 8.43. The van der Waals surface area contributed by atoms with Crippen molar-refractivity contribution in [2.45, 2.75) is 26.3 Å². The topological polar surface area (TPSA) is 50.4 Å². The summed E-state index contributed by atoms with van der Waals surface area (Å²) in [5, 5.41) is 7.40. The molecule has 114 valence electrons. The summed E-state index contributed by atoms with van der Waals surface area (Å²) >= 11 is 1.69. The molecule has 3 heterocycles. The van der Waals surface area contributed by atoms with Gasteiger partial charge in [-0.15, -0.1) is 11.3 Å². The van der Waals surface area contributed by atoms with E-state index in [0.717, 1.165) is 43.3 Å². The Kier molecular flexibility index (Phi) is 3.39. The van der Waals surface area contributed by atoms with Crippen LogP contribution in [0.3, 0.4) is 0 Å². The Bertz CT molecular complexity index is 751. The molecule has 1 aromatic carbocycles. The minimum absolute atomic E-state index is 0.0164. The SMILES string of the molecule is CC(=O)Nc1sc2c(c1-c1ccc3c(c1)CCO3)CCNC2. The van der Waals surface area contributed by atoms with Crippen molar-refractivity contribution < 1.29 is 9.53 Å². The Labute approximate surface area is 133 Å². The molecule has 1 aromatic heterocycles.